The predicted molar refractivity (Wildman–Crippen MR) is 48.8 cm³/mol. The summed E-state index contributed by atoms with van der Waals surface area (Å²) in [6.07, 6.45) is 2.33. The number of H-pyrrole nitrogens is 1. The number of nitrogens with zero attached hydrogens (tertiary/aromatic N) is 3. The molecule has 13 heavy (non-hydrogen) atoms. The van der Waals surface area contributed by atoms with E-state index in [9.17, 15) is 4.79 Å². The van der Waals surface area contributed by atoms with Crippen LogP contribution < -0.4 is 10.5 Å². The molecule has 5 nitrogen and oxygen atoms in total. The van der Waals surface area contributed by atoms with E-state index in [0.717, 1.165) is 25.9 Å². The summed E-state index contributed by atoms with van der Waals surface area (Å²) in [6.45, 7) is 3.58. The van der Waals surface area contributed by atoms with Gasteiger partial charge >= 0.3 is 0 Å². The van der Waals surface area contributed by atoms with Crippen molar-refractivity contribution in [3.63, 3.8) is 0 Å². The Morgan fingerprint density at radius 2 is 2.00 bits per heavy atom. The first-order valence-corrected chi connectivity index (χ1v) is 4.46. The standard InChI is InChI=1S/C8H12N4O/c1-6-7(13)9-8(11-10-6)12-4-2-3-5-12/h2-5H2,1H3,(H,9,11,13). The van der Waals surface area contributed by atoms with E-state index in [1.54, 1.807) is 6.92 Å². The van der Waals surface area contributed by atoms with Crippen molar-refractivity contribution in [2.24, 2.45) is 0 Å². The summed E-state index contributed by atoms with van der Waals surface area (Å²) in [7, 11) is 0. The van der Waals surface area contributed by atoms with Crippen LogP contribution in [0.15, 0.2) is 4.79 Å². The van der Waals surface area contributed by atoms with Gasteiger partial charge in [0.05, 0.1) is 0 Å². The first kappa shape index (κ1) is 8.22. The van der Waals surface area contributed by atoms with Crippen LogP contribution in [0.5, 0.6) is 0 Å². The molecule has 0 amide bonds. The molecule has 1 saturated heterocycles. The third-order valence-corrected chi connectivity index (χ3v) is 2.25. The average molecular weight is 180 g/mol. The lowest BCUT2D eigenvalue weighted by Gasteiger charge is -2.13. The number of hydrogen-bond donors (Lipinski definition) is 1. The van der Waals surface area contributed by atoms with Crippen LogP contribution in [-0.2, 0) is 0 Å². The van der Waals surface area contributed by atoms with Crippen molar-refractivity contribution in [1.29, 1.82) is 0 Å². The third-order valence-electron chi connectivity index (χ3n) is 2.25. The summed E-state index contributed by atoms with van der Waals surface area (Å²) < 4.78 is 0. The van der Waals surface area contributed by atoms with Crippen LogP contribution in [0.3, 0.4) is 0 Å². The SMILES string of the molecule is Cc1nnc(N2CCCC2)[nH]c1=O. The Morgan fingerprint density at radius 1 is 1.31 bits per heavy atom. The van der Waals surface area contributed by atoms with E-state index in [1.807, 2.05) is 4.90 Å². The molecule has 0 radical (unpaired) electrons. The molecule has 1 aliphatic heterocycles. The van der Waals surface area contributed by atoms with Crippen molar-refractivity contribution in [3.05, 3.63) is 16.0 Å². The van der Waals surface area contributed by atoms with E-state index in [2.05, 4.69) is 15.2 Å². The van der Waals surface area contributed by atoms with Crippen molar-refractivity contribution >= 4 is 5.95 Å². The second kappa shape index (κ2) is 3.16. The average Bonchev–Trinajstić information content (AvgIpc) is 2.62. The molecule has 0 aliphatic carbocycles. The van der Waals surface area contributed by atoms with Gasteiger partial charge in [-0.3, -0.25) is 9.78 Å². The zero-order valence-corrected chi connectivity index (χ0v) is 7.58. The molecular weight excluding hydrogens is 168 g/mol. The van der Waals surface area contributed by atoms with E-state index in [1.165, 1.54) is 0 Å². The van der Waals surface area contributed by atoms with E-state index >= 15 is 0 Å². The normalized spacial score (nSPS) is 16.5. The molecule has 5 heteroatoms. The smallest absolute Gasteiger partial charge is 0.273 e. The van der Waals surface area contributed by atoms with Gasteiger partial charge in [-0.25, -0.2) is 0 Å². The first-order valence-electron chi connectivity index (χ1n) is 4.46. The van der Waals surface area contributed by atoms with Gasteiger partial charge in [-0.05, 0) is 19.8 Å². The second-order valence-electron chi connectivity index (χ2n) is 3.26. The number of nitrogens with one attached hydrogen (secondary N) is 1. The lowest BCUT2D eigenvalue weighted by Crippen LogP contribution is -2.25. The Labute approximate surface area is 75.8 Å². The highest BCUT2D eigenvalue weighted by Crippen LogP contribution is 2.12. The van der Waals surface area contributed by atoms with Gasteiger partial charge in [-0.15, -0.1) is 10.2 Å². The van der Waals surface area contributed by atoms with Gasteiger partial charge in [0.2, 0.25) is 5.95 Å². The summed E-state index contributed by atoms with van der Waals surface area (Å²) in [6, 6.07) is 0. The highest BCUT2D eigenvalue weighted by molar-refractivity contribution is 5.28. The summed E-state index contributed by atoms with van der Waals surface area (Å²) in [5, 5.41) is 7.73. The Morgan fingerprint density at radius 3 is 2.62 bits per heavy atom. The minimum atomic E-state index is -0.142. The second-order valence-corrected chi connectivity index (χ2v) is 3.26. The number of aromatic nitrogens is 3. The minimum absolute atomic E-state index is 0.142. The molecule has 1 fully saturated rings. The molecule has 0 atom stereocenters. The van der Waals surface area contributed by atoms with Crippen LogP contribution in [0, 0.1) is 6.92 Å². The van der Waals surface area contributed by atoms with Gasteiger partial charge in [-0.1, -0.05) is 0 Å². The quantitative estimate of drug-likeness (QED) is 0.664. The topological polar surface area (TPSA) is 61.9 Å². The molecule has 0 saturated carbocycles. The van der Waals surface area contributed by atoms with Crippen LogP contribution >= 0.6 is 0 Å². The van der Waals surface area contributed by atoms with Crippen molar-refractivity contribution in [3.8, 4) is 0 Å². The van der Waals surface area contributed by atoms with Crippen LogP contribution in [0.25, 0.3) is 0 Å². The maximum Gasteiger partial charge on any atom is 0.273 e. The van der Waals surface area contributed by atoms with E-state index in [4.69, 9.17) is 0 Å². The fourth-order valence-corrected chi connectivity index (χ4v) is 1.46. The van der Waals surface area contributed by atoms with Crippen LogP contribution in [0.4, 0.5) is 5.95 Å². The Bertz CT molecular complexity index is 353. The van der Waals surface area contributed by atoms with Crippen LogP contribution in [0.2, 0.25) is 0 Å². The molecule has 1 aromatic heterocycles. The lowest BCUT2D eigenvalue weighted by molar-refractivity contribution is 0.820. The molecular formula is C8H12N4O. The molecule has 0 spiro atoms. The highest BCUT2D eigenvalue weighted by atomic mass is 16.1. The molecule has 0 aromatic carbocycles. The zero-order chi connectivity index (χ0) is 9.26. The van der Waals surface area contributed by atoms with Crippen molar-refractivity contribution in [2.75, 3.05) is 18.0 Å². The van der Waals surface area contributed by atoms with E-state index < -0.39 is 0 Å². The fraction of sp³-hybridized carbons (Fsp3) is 0.625. The van der Waals surface area contributed by atoms with Crippen LogP contribution in [-0.4, -0.2) is 28.3 Å². The Kier molecular flexibility index (Phi) is 2.00. The minimum Gasteiger partial charge on any atom is -0.341 e. The van der Waals surface area contributed by atoms with Gasteiger partial charge in [-0.2, -0.15) is 0 Å². The molecule has 70 valence electrons. The Balaban J connectivity index is 2.30. The van der Waals surface area contributed by atoms with E-state index in [-0.39, 0.29) is 5.56 Å². The maximum atomic E-state index is 11.2. The van der Waals surface area contributed by atoms with Crippen molar-refractivity contribution in [2.45, 2.75) is 19.8 Å². The zero-order valence-electron chi connectivity index (χ0n) is 7.58. The molecule has 0 bridgehead atoms. The summed E-state index contributed by atoms with van der Waals surface area (Å²) in [5.41, 5.74) is 0.278. The van der Waals surface area contributed by atoms with Crippen molar-refractivity contribution < 1.29 is 0 Å². The van der Waals surface area contributed by atoms with Gasteiger partial charge in [0.25, 0.3) is 5.56 Å². The maximum absolute atomic E-state index is 11.2. The molecule has 2 heterocycles. The van der Waals surface area contributed by atoms with Crippen molar-refractivity contribution in [1.82, 2.24) is 15.2 Å². The monoisotopic (exact) mass is 180 g/mol. The molecule has 1 aromatic rings. The van der Waals surface area contributed by atoms with Crippen LogP contribution in [0.1, 0.15) is 18.5 Å². The van der Waals surface area contributed by atoms with Gasteiger partial charge < -0.3 is 4.90 Å². The molecule has 2 rings (SSSR count). The van der Waals surface area contributed by atoms with Gasteiger partial charge in [0, 0.05) is 13.1 Å². The number of aromatic amines is 1. The lowest BCUT2D eigenvalue weighted by atomic mass is 10.4. The first-order chi connectivity index (χ1) is 6.27. The summed E-state index contributed by atoms with van der Waals surface area (Å²) in [4.78, 5) is 16.0. The third kappa shape index (κ3) is 1.54. The fourth-order valence-electron chi connectivity index (χ4n) is 1.46. The number of rotatable bonds is 1. The Hall–Kier alpha value is -1.39. The number of aryl methyl sites for hydroxylation is 1. The van der Waals surface area contributed by atoms with Gasteiger partial charge in [0.1, 0.15) is 5.69 Å². The van der Waals surface area contributed by atoms with Gasteiger partial charge in [0.15, 0.2) is 0 Å². The summed E-state index contributed by atoms with van der Waals surface area (Å²) in [5.74, 6) is 0.605. The highest BCUT2D eigenvalue weighted by Gasteiger charge is 2.14. The largest absolute Gasteiger partial charge is 0.341 e. The number of anilines is 1. The predicted octanol–water partition coefficient (Wildman–Crippen LogP) is 0.0735. The van der Waals surface area contributed by atoms with E-state index in [0.29, 0.717) is 11.6 Å². The number of hydrogen-bond acceptors (Lipinski definition) is 4. The molecule has 1 aliphatic rings. The molecule has 1 N–H and O–H groups in total. The summed E-state index contributed by atoms with van der Waals surface area (Å²) >= 11 is 0. The molecule has 0 unspecified atom stereocenters.